The highest BCUT2D eigenvalue weighted by molar-refractivity contribution is 5.68. The van der Waals surface area contributed by atoms with Crippen LogP contribution in [0.4, 0.5) is 9.18 Å². The molecule has 1 atom stereocenters. The van der Waals surface area contributed by atoms with Crippen LogP contribution in [-0.4, -0.2) is 42.3 Å². The van der Waals surface area contributed by atoms with E-state index in [4.69, 9.17) is 4.74 Å². The van der Waals surface area contributed by atoms with Gasteiger partial charge in [0.15, 0.2) is 0 Å². The van der Waals surface area contributed by atoms with Crippen LogP contribution < -0.4 is 5.32 Å². The van der Waals surface area contributed by atoms with Gasteiger partial charge in [-0.2, -0.15) is 0 Å². The molecule has 0 saturated carbocycles. The zero-order chi connectivity index (χ0) is 15.5. The van der Waals surface area contributed by atoms with Crippen molar-refractivity contribution < 1.29 is 13.9 Å². The minimum Gasteiger partial charge on any atom is -0.444 e. The third-order valence-electron chi connectivity index (χ3n) is 3.28. The third-order valence-corrected chi connectivity index (χ3v) is 3.28. The van der Waals surface area contributed by atoms with Crippen molar-refractivity contribution in [2.75, 3.05) is 19.6 Å². The molecule has 1 aliphatic rings. The Hall–Kier alpha value is -1.62. The second-order valence-corrected chi connectivity index (χ2v) is 6.41. The molecule has 116 valence electrons. The van der Waals surface area contributed by atoms with Crippen LogP contribution in [0.15, 0.2) is 24.3 Å². The molecule has 1 heterocycles. The molecule has 1 fully saturated rings. The van der Waals surface area contributed by atoms with Crippen molar-refractivity contribution in [2.45, 2.75) is 38.8 Å². The molecule has 1 saturated heterocycles. The first kappa shape index (κ1) is 15.8. The molecular weight excluding hydrogens is 271 g/mol. The summed E-state index contributed by atoms with van der Waals surface area (Å²) in [7, 11) is 0. The van der Waals surface area contributed by atoms with Crippen molar-refractivity contribution in [3.05, 3.63) is 35.6 Å². The van der Waals surface area contributed by atoms with E-state index in [0.717, 1.165) is 12.1 Å². The van der Waals surface area contributed by atoms with E-state index in [2.05, 4.69) is 5.32 Å². The summed E-state index contributed by atoms with van der Waals surface area (Å²) in [5.74, 6) is -0.229. The highest BCUT2D eigenvalue weighted by Crippen LogP contribution is 2.13. The topological polar surface area (TPSA) is 41.6 Å². The summed E-state index contributed by atoms with van der Waals surface area (Å²) < 4.78 is 18.6. The standard InChI is InChI=1S/C16H23FN2O2/c1-16(2,3)21-15(20)19-8-7-18-14(11-19)10-12-5-4-6-13(17)9-12/h4-6,9,14,18H,7-8,10-11H2,1-3H3/t14-/m0/s1. The Morgan fingerprint density at radius 3 is 2.90 bits per heavy atom. The lowest BCUT2D eigenvalue weighted by atomic mass is 10.0. The van der Waals surface area contributed by atoms with Gasteiger partial charge in [0.2, 0.25) is 0 Å². The summed E-state index contributed by atoms with van der Waals surface area (Å²) in [4.78, 5) is 13.8. The Morgan fingerprint density at radius 1 is 1.48 bits per heavy atom. The summed E-state index contributed by atoms with van der Waals surface area (Å²) in [5.41, 5.74) is 0.443. The molecule has 1 aromatic rings. The fourth-order valence-corrected chi connectivity index (χ4v) is 2.40. The zero-order valence-corrected chi connectivity index (χ0v) is 12.9. The second-order valence-electron chi connectivity index (χ2n) is 6.41. The Balaban J connectivity index is 1.93. The number of rotatable bonds is 2. The minimum absolute atomic E-state index is 0.119. The third kappa shape index (κ3) is 5.01. The van der Waals surface area contributed by atoms with Gasteiger partial charge in [-0.3, -0.25) is 0 Å². The lowest BCUT2D eigenvalue weighted by Gasteiger charge is -2.35. The highest BCUT2D eigenvalue weighted by atomic mass is 19.1. The van der Waals surface area contributed by atoms with Gasteiger partial charge in [0.05, 0.1) is 0 Å². The number of hydrogen-bond acceptors (Lipinski definition) is 3. The number of piperazine rings is 1. The first-order valence-electron chi connectivity index (χ1n) is 7.29. The molecule has 0 spiro atoms. The van der Waals surface area contributed by atoms with Crippen LogP contribution in [-0.2, 0) is 11.2 Å². The van der Waals surface area contributed by atoms with Crippen LogP contribution >= 0.6 is 0 Å². The monoisotopic (exact) mass is 294 g/mol. The van der Waals surface area contributed by atoms with Gasteiger partial charge in [0.1, 0.15) is 11.4 Å². The number of amides is 1. The van der Waals surface area contributed by atoms with Crippen molar-refractivity contribution >= 4 is 6.09 Å². The lowest BCUT2D eigenvalue weighted by molar-refractivity contribution is 0.0195. The largest absolute Gasteiger partial charge is 0.444 e. The molecule has 1 aliphatic heterocycles. The quantitative estimate of drug-likeness (QED) is 0.911. The molecule has 4 nitrogen and oxygen atoms in total. The molecular formula is C16H23FN2O2. The Labute approximate surface area is 125 Å². The van der Waals surface area contributed by atoms with Gasteiger partial charge in [0.25, 0.3) is 0 Å². The number of nitrogens with one attached hydrogen (secondary N) is 1. The summed E-state index contributed by atoms with van der Waals surface area (Å²) >= 11 is 0. The van der Waals surface area contributed by atoms with Crippen molar-refractivity contribution in [1.82, 2.24) is 10.2 Å². The fourth-order valence-electron chi connectivity index (χ4n) is 2.40. The van der Waals surface area contributed by atoms with E-state index in [0.29, 0.717) is 19.5 Å². The van der Waals surface area contributed by atoms with Gasteiger partial charge in [-0.25, -0.2) is 9.18 Å². The van der Waals surface area contributed by atoms with Crippen molar-refractivity contribution in [1.29, 1.82) is 0 Å². The summed E-state index contributed by atoms with van der Waals surface area (Å²) in [5, 5.41) is 3.36. The van der Waals surface area contributed by atoms with Crippen molar-refractivity contribution in [3.63, 3.8) is 0 Å². The van der Waals surface area contributed by atoms with Gasteiger partial charge < -0.3 is 15.0 Å². The first-order valence-corrected chi connectivity index (χ1v) is 7.29. The fraction of sp³-hybridized carbons (Fsp3) is 0.562. The molecule has 1 N–H and O–H groups in total. The molecule has 5 heteroatoms. The molecule has 1 aromatic carbocycles. The number of ether oxygens (including phenoxy) is 1. The highest BCUT2D eigenvalue weighted by Gasteiger charge is 2.27. The SMILES string of the molecule is CC(C)(C)OC(=O)N1CCN[C@@H](Cc2cccc(F)c2)C1. The minimum atomic E-state index is -0.486. The smallest absolute Gasteiger partial charge is 0.410 e. The number of nitrogens with zero attached hydrogens (tertiary/aromatic N) is 1. The summed E-state index contributed by atoms with van der Waals surface area (Å²) in [6.07, 6.45) is 0.407. The van der Waals surface area contributed by atoms with Crippen LogP contribution in [0, 0.1) is 5.82 Å². The van der Waals surface area contributed by atoms with E-state index in [-0.39, 0.29) is 18.0 Å². The molecule has 0 unspecified atom stereocenters. The predicted octanol–water partition coefficient (Wildman–Crippen LogP) is 2.58. The Kier molecular flexibility index (Phi) is 4.83. The van der Waals surface area contributed by atoms with Gasteiger partial charge >= 0.3 is 6.09 Å². The number of benzene rings is 1. The van der Waals surface area contributed by atoms with Crippen molar-refractivity contribution in [2.24, 2.45) is 0 Å². The average molecular weight is 294 g/mol. The molecule has 21 heavy (non-hydrogen) atoms. The zero-order valence-electron chi connectivity index (χ0n) is 12.9. The Morgan fingerprint density at radius 2 is 2.24 bits per heavy atom. The normalized spacial score (nSPS) is 19.4. The van der Waals surface area contributed by atoms with Gasteiger partial charge in [-0.15, -0.1) is 0 Å². The van der Waals surface area contributed by atoms with Gasteiger partial charge in [-0.05, 0) is 44.9 Å². The summed E-state index contributed by atoms with van der Waals surface area (Å²) in [6, 6.07) is 6.70. The van der Waals surface area contributed by atoms with Crippen LogP contribution in [0.1, 0.15) is 26.3 Å². The average Bonchev–Trinajstić information content (AvgIpc) is 2.37. The number of halogens is 1. The van der Waals surface area contributed by atoms with Crippen LogP contribution in [0.25, 0.3) is 0 Å². The van der Waals surface area contributed by atoms with E-state index in [1.165, 1.54) is 12.1 Å². The van der Waals surface area contributed by atoms with Crippen LogP contribution in [0.3, 0.4) is 0 Å². The molecule has 1 amide bonds. The molecule has 0 aliphatic carbocycles. The lowest BCUT2D eigenvalue weighted by Crippen LogP contribution is -2.54. The maximum atomic E-state index is 13.2. The maximum absolute atomic E-state index is 13.2. The van der Waals surface area contributed by atoms with E-state index < -0.39 is 5.60 Å². The van der Waals surface area contributed by atoms with E-state index in [1.807, 2.05) is 26.8 Å². The van der Waals surface area contributed by atoms with E-state index in [9.17, 15) is 9.18 Å². The van der Waals surface area contributed by atoms with E-state index in [1.54, 1.807) is 11.0 Å². The molecule has 0 aromatic heterocycles. The second kappa shape index (κ2) is 6.43. The van der Waals surface area contributed by atoms with Gasteiger partial charge in [-0.1, -0.05) is 12.1 Å². The first-order chi connectivity index (χ1) is 9.83. The number of carbonyl (C=O) groups is 1. The van der Waals surface area contributed by atoms with E-state index >= 15 is 0 Å². The Bertz CT molecular complexity index is 499. The summed E-state index contributed by atoms with van der Waals surface area (Å²) in [6.45, 7) is 7.51. The molecule has 2 rings (SSSR count). The number of carbonyl (C=O) groups excluding carboxylic acids is 1. The molecule has 0 radical (unpaired) electrons. The van der Waals surface area contributed by atoms with Crippen LogP contribution in [0.5, 0.6) is 0 Å². The predicted molar refractivity (Wildman–Crippen MR) is 79.7 cm³/mol. The maximum Gasteiger partial charge on any atom is 0.410 e. The van der Waals surface area contributed by atoms with Crippen molar-refractivity contribution in [3.8, 4) is 0 Å². The number of hydrogen-bond donors (Lipinski definition) is 1. The van der Waals surface area contributed by atoms with Gasteiger partial charge in [0, 0.05) is 25.7 Å². The molecule has 0 bridgehead atoms. The van der Waals surface area contributed by atoms with Crippen LogP contribution in [0.2, 0.25) is 0 Å².